The van der Waals surface area contributed by atoms with E-state index < -0.39 is 106 Å². The molecule has 0 aliphatic carbocycles. The fourth-order valence-corrected chi connectivity index (χ4v) is 11.9. The number of hydrogen-bond acceptors (Lipinski definition) is 25. The molecule has 1 aromatic carbocycles. The van der Waals surface area contributed by atoms with Crippen LogP contribution in [0.5, 0.6) is 5.75 Å². The lowest BCUT2D eigenvalue weighted by molar-refractivity contribution is -0.149. The summed E-state index contributed by atoms with van der Waals surface area (Å²) in [6.45, 7) is 16.5. The quantitative estimate of drug-likeness (QED) is 0.00871. The minimum atomic E-state index is -4.21. The molecule has 10 atom stereocenters. The molecule has 3 aromatic rings. The lowest BCUT2D eigenvalue weighted by Gasteiger charge is -2.24. The van der Waals surface area contributed by atoms with E-state index in [1.54, 1.807) is 112 Å². The van der Waals surface area contributed by atoms with E-state index in [-0.39, 0.29) is 65.3 Å². The molecule has 2 aromatic heterocycles. The number of carbonyl (C=O) groups excluding carboxylic acids is 3. The molecule has 86 heavy (non-hydrogen) atoms. The number of aromatic amines is 2. The summed E-state index contributed by atoms with van der Waals surface area (Å²) in [4.78, 5) is 50.2. The average Bonchev–Trinajstić information content (AvgIpc) is 4.39. The van der Waals surface area contributed by atoms with Crippen LogP contribution in [0.25, 0.3) is 0 Å². The van der Waals surface area contributed by atoms with Crippen molar-refractivity contribution in [1.82, 2.24) is 15.1 Å². The van der Waals surface area contributed by atoms with Gasteiger partial charge < -0.3 is 58.6 Å². The number of aliphatic hydroxyl groups excluding tert-OH is 4. The molecule has 9 N–H and O–H groups in total. The van der Waals surface area contributed by atoms with Crippen LogP contribution in [0.15, 0.2) is 64.6 Å². The molecular formula is C54H77N9O19P2S2. The summed E-state index contributed by atoms with van der Waals surface area (Å²) in [6, 6.07) is 17.2. The van der Waals surface area contributed by atoms with Gasteiger partial charge in [-0.2, -0.15) is 15.6 Å². The number of phosphoric ester groups is 1. The van der Waals surface area contributed by atoms with Crippen molar-refractivity contribution in [3.05, 3.63) is 77.4 Å². The Balaban J connectivity index is 0.000000370. The van der Waals surface area contributed by atoms with Gasteiger partial charge in [-0.1, -0.05) is 83.3 Å². The van der Waals surface area contributed by atoms with Gasteiger partial charge in [0.05, 0.1) is 66.7 Å². The van der Waals surface area contributed by atoms with E-state index >= 15 is 0 Å². The van der Waals surface area contributed by atoms with E-state index in [1.165, 1.54) is 19.1 Å². The lowest BCUT2D eigenvalue weighted by Crippen LogP contribution is -2.40. The molecular weight excluding hydrogens is 1200 g/mol. The predicted octanol–water partition coefficient (Wildman–Crippen LogP) is 6.39. The molecule has 4 heterocycles. The number of nitrogens with one attached hydrogen (secondary N) is 5. The Kier molecular flexibility index (Phi) is 27.9. The number of phosphoric acid groups is 1. The Labute approximate surface area is 507 Å². The second-order valence-electron chi connectivity index (χ2n) is 21.5. The average molecular weight is 1280 g/mol. The Hall–Kier alpha value is -5.31. The third-order valence-electron chi connectivity index (χ3n) is 12.3. The number of hydrogen-bond donors (Lipinski definition) is 9. The smallest absolute Gasteiger partial charge is 0.462 e. The van der Waals surface area contributed by atoms with Crippen LogP contribution in [0.2, 0.25) is 0 Å². The summed E-state index contributed by atoms with van der Waals surface area (Å²) in [6.07, 6.45) is -7.34. The molecule has 0 radical (unpaired) electrons. The van der Waals surface area contributed by atoms with Crippen molar-refractivity contribution in [1.29, 1.82) is 21.3 Å². The maximum atomic E-state index is 13.5. The predicted molar refractivity (Wildman–Crippen MR) is 318 cm³/mol. The van der Waals surface area contributed by atoms with Crippen LogP contribution in [0.4, 0.5) is 0 Å². The number of aromatic nitrogens is 2. The van der Waals surface area contributed by atoms with Gasteiger partial charge in [-0.05, 0) is 71.0 Å². The van der Waals surface area contributed by atoms with Crippen molar-refractivity contribution in [2.75, 3.05) is 51.5 Å². The first kappa shape index (κ1) is 73.2. The molecule has 2 aliphatic rings. The second-order valence-corrected chi connectivity index (χ2v) is 27.0. The van der Waals surface area contributed by atoms with Crippen LogP contribution in [0, 0.1) is 44.3 Å². The molecule has 28 nitrogen and oxygen atoms in total. The zero-order valence-corrected chi connectivity index (χ0v) is 53.0. The van der Waals surface area contributed by atoms with E-state index in [1.807, 2.05) is 12.1 Å². The minimum absolute atomic E-state index is 0.0702. The van der Waals surface area contributed by atoms with E-state index in [0.29, 0.717) is 22.8 Å². The monoisotopic (exact) mass is 1280 g/mol. The van der Waals surface area contributed by atoms with Crippen molar-refractivity contribution >= 4 is 79.4 Å². The largest absolute Gasteiger partial charge is 0.476 e. The second kappa shape index (κ2) is 32.8. The molecule has 5 rings (SSSR count). The van der Waals surface area contributed by atoms with Crippen LogP contribution in [-0.4, -0.2) is 171 Å². The van der Waals surface area contributed by atoms with Crippen LogP contribution in [-0.2, 0) is 76.5 Å². The van der Waals surface area contributed by atoms with E-state index in [0.717, 1.165) is 36.2 Å². The number of ether oxygens (including phenoxy) is 5. The number of H-pyrrole nitrogens is 2. The van der Waals surface area contributed by atoms with E-state index in [4.69, 9.17) is 57.1 Å². The van der Waals surface area contributed by atoms with Crippen LogP contribution in [0.1, 0.15) is 98.9 Å². The number of nitriles is 2. The molecule has 0 bridgehead atoms. The van der Waals surface area contributed by atoms with Gasteiger partial charge in [0.1, 0.15) is 73.2 Å². The van der Waals surface area contributed by atoms with Gasteiger partial charge in [-0.3, -0.25) is 43.3 Å². The number of carbonyl (C=O) groups is 3. The van der Waals surface area contributed by atoms with Crippen LogP contribution < -0.4 is 9.61 Å². The maximum Gasteiger partial charge on any atom is 0.476 e. The number of benzene rings is 1. The third kappa shape index (κ3) is 20.4. The number of nitrogens with zero attached hydrogens (tertiary/aromatic N) is 4. The molecule has 2 fully saturated rings. The highest BCUT2D eigenvalue weighted by atomic mass is 32.2. The molecule has 0 saturated carbocycles. The Morgan fingerprint density at radius 1 is 0.721 bits per heavy atom. The summed E-state index contributed by atoms with van der Waals surface area (Å²) >= 11 is 2.04. The highest BCUT2D eigenvalue weighted by Crippen LogP contribution is 2.50. The third-order valence-corrected chi connectivity index (χ3v) is 17.8. The summed E-state index contributed by atoms with van der Waals surface area (Å²) in [5, 5.41) is 79.3. The van der Waals surface area contributed by atoms with Gasteiger partial charge in [-0.15, -0.1) is 0 Å². The van der Waals surface area contributed by atoms with Crippen molar-refractivity contribution in [3.8, 4) is 17.9 Å². The van der Waals surface area contributed by atoms with Gasteiger partial charge in [0.25, 0.3) is 0 Å². The normalized spacial score (nSPS) is 23.7. The van der Waals surface area contributed by atoms with Gasteiger partial charge in [-0.25, -0.2) is 19.1 Å². The highest BCUT2D eigenvalue weighted by Gasteiger charge is 2.58. The van der Waals surface area contributed by atoms with Crippen molar-refractivity contribution in [2.24, 2.45) is 20.8 Å². The zero-order valence-electron chi connectivity index (χ0n) is 49.5. The maximum absolute atomic E-state index is 13.5. The first-order valence-electron chi connectivity index (χ1n) is 26.7. The minimum Gasteiger partial charge on any atom is -0.462 e. The van der Waals surface area contributed by atoms with Crippen molar-refractivity contribution in [2.45, 2.75) is 136 Å². The van der Waals surface area contributed by atoms with Gasteiger partial charge >= 0.3 is 21.5 Å². The van der Waals surface area contributed by atoms with Crippen LogP contribution in [0.3, 0.4) is 0 Å². The topological polar surface area (TPSA) is 422 Å². The van der Waals surface area contributed by atoms with Gasteiger partial charge in [0.2, 0.25) is 11.2 Å². The Bertz CT molecular complexity index is 2980. The van der Waals surface area contributed by atoms with Gasteiger partial charge in [0.15, 0.2) is 23.8 Å². The van der Waals surface area contributed by atoms with Gasteiger partial charge in [0, 0.05) is 22.3 Å². The van der Waals surface area contributed by atoms with Crippen LogP contribution >= 0.6 is 39.1 Å². The summed E-state index contributed by atoms with van der Waals surface area (Å²) < 4.78 is 81.4. The number of rotatable bonds is 30. The lowest BCUT2D eigenvalue weighted by atomic mass is 9.93. The van der Waals surface area contributed by atoms with Crippen molar-refractivity contribution in [3.63, 3.8) is 0 Å². The summed E-state index contributed by atoms with van der Waals surface area (Å²) in [5.41, 5.74) is -2.78. The first-order chi connectivity index (χ1) is 40.3. The molecule has 0 amide bonds. The number of para-hydroxylation sites is 1. The van der Waals surface area contributed by atoms with E-state index in [9.17, 15) is 54.5 Å². The molecule has 3 unspecified atom stereocenters. The Morgan fingerprint density at radius 2 is 1.15 bits per heavy atom. The molecule has 2 saturated heterocycles. The Morgan fingerprint density at radius 3 is 1.55 bits per heavy atom. The molecule has 474 valence electrons. The van der Waals surface area contributed by atoms with E-state index in [2.05, 4.69) is 25.0 Å². The molecule has 32 heteroatoms. The number of aliphatic imine (C=N–C) groups is 2. The SMILES string of the molecule is CC(=NC=N)c1ccc([C@]2(C#N)OC(COCOP(=O)(OCCSC(=O)C(C)(C)C)OCCSC(=O)C(C)(C)C)[C@@H](O)[C@H]2O)[nH]1.CC(=NC=N)c1ccc([C@]2(C#N)O[C@H](COCOP(=O)(NC(C)C(=O)OC(C)C)Oc3ccccc3)[C@@H](O)[C@H]2O)[nH]1. The zero-order chi connectivity index (χ0) is 64.3. The van der Waals surface area contributed by atoms with Crippen molar-refractivity contribution < 1.29 is 90.2 Å². The highest BCUT2D eigenvalue weighted by molar-refractivity contribution is 8.14. The number of aliphatic hydroxyl groups is 4. The number of thioether (sulfide) groups is 2. The summed E-state index contributed by atoms with van der Waals surface area (Å²) in [7, 11) is -8.40. The fraction of sp³-hybridized carbons (Fsp3) is 0.574. The first-order valence-corrected chi connectivity index (χ1v) is 31.7. The molecule has 0 spiro atoms. The molecule has 2 aliphatic heterocycles. The summed E-state index contributed by atoms with van der Waals surface area (Å²) in [5.74, 6) is -0.0872. The number of esters is 1. The fourth-order valence-electron chi connectivity index (χ4n) is 7.62. The standard InChI is InChI=1S/C28H43N4O10PS2.C26H34N5O9P/c1-18(31-16-30)19-8-9-21(32-19)28(15-29)23(34)22(33)20(42-28)14-38-17-41-43(37,39-10-12-44-24(35)26(2,3)4)40-11-13-45-25(36)27(5,6)7;1-16(2)38-25(34)18(4)31-41(35,40-19-8-6-5-7-9-19)37-15-36-12-21-23(32)24(33)26(13-27,39-21)22-11-10-20(30-22)17(3)29-14-28/h8-9,16,20,22-23,30,32-34H,10-14,17H2,1-7H3;5-11,14,16,18,21,23-24,28,30,32-33H,12,15H2,1-4H3,(H,31,35)/t20?,22-,23-,28+;18?,21-,23-,24-,26+,41?/m11/s1.